The first-order chi connectivity index (χ1) is 14.7. The third-order valence-electron chi connectivity index (χ3n) is 5.77. The van der Waals surface area contributed by atoms with Gasteiger partial charge in [0, 0.05) is 45.2 Å². The Bertz CT molecular complexity index is 862. The molecule has 0 spiro atoms. The highest BCUT2D eigenvalue weighted by Crippen LogP contribution is 2.30. The number of rotatable bonds is 5. The van der Waals surface area contributed by atoms with Crippen molar-refractivity contribution in [3.63, 3.8) is 0 Å². The van der Waals surface area contributed by atoms with Crippen LogP contribution in [0.1, 0.15) is 30.9 Å². The van der Waals surface area contributed by atoms with Crippen LogP contribution in [0.25, 0.3) is 0 Å². The molecule has 0 aliphatic carbocycles. The van der Waals surface area contributed by atoms with E-state index in [-0.39, 0.29) is 24.0 Å². The molecule has 2 N–H and O–H groups in total. The molecule has 2 aromatic carbocycles. The summed E-state index contributed by atoms with van der Waals surface area (Å²) in [5.41, 5.74) is 2.51. The smallest absolute Gasteiger partial charge is 0.191 e. The van der Waals surface area contributed by atoms with E-state index in [0.29, 0.717) is 31.8 Å². The molecule has 7 heteroatoms. The van der Waals surface area contributed by atoms with Crippen LogP contribution in [0, 0.1) is 0 Å². The molecule has 1 saturated heterocycles. The van der Waals surface area contributed by atoms with E-state index in [2.05, 4.69) is 69.9 Å². The van der Waals surface area contributed by atoms with Gasteiger partial charge in [-0.3, -0.25) is 9.89 Å². The second kappa shape index (κ2) is 11.6. The lowest BCUT2D eigenvalue weighted by atomic mass is 10.2. The third-order valence-corrected chi connectivity index (χ3v) is 5.77. The molecular formula is C24H33IN4O2. The molecule has 1 fully saturated rings. The van der Waals surface area contributed by atoms with Gasteiger partial charge >= 0.3 is 0 Å². The van der Waals surface area contributed by atoms with Crippen LogP contribution in [0.4, 0.5) is 0 Å². The Balaban J connectivity index is 0.00000272. The van der Waals surface area contributed by atoms with Crippen molar-refractivity contribution >= 4 is 29.9 Å². The van der Waals surface area contributed by atoms with Gasteiger partial charge in [-0.2, -0.15) is 0 Å². The van der Waals surface area contributed by atoms with Crippen molar-refractivity contribution in [2.24, 2.45) is 4.99 Å². The molecule has 2 aliphatic heterocycles. The van der Waals surface area contributed by atoms with Crippen molar-refractivity contribution in [1.29, 1.82) is 0 Å². The molecule has 2 aliphatic rings. The number of likely N-dealkylation sites (tertiary alicyclic amines) is 1. The Hall–Kier alpha value is -2.00. The van der Waals surface area contributed by atoms with Gasteiger partial charge in [0.05, 0.1) is 13.2 Å². The molecule has 0 radical (unpaired) electrons. The van der Waals surface area contributed by atoms with Gasteiger partial charge in [0.2, 0.25) is 0 Å². The molecule has 2 unspecified atom stereocenters. The zero-order valence-electron chi connectivity index (χ0n) is 18.3. The zero-order valence-corrected chi connectivity index (χ0v) is 20.7. The summed E-state index contributed by atoms with van der Waals surface area (Å²) in [7, 11) is 1.82. The average Bonchev–Trinajstić information content (AvgIpc) is 2.96. The molecule has 2 atom stereocenters. The summed E-state index contributed by atoms with van der Waals surface area (Å²) in [5, 5.41) is 7.03. The Morgan fingerprint density at radius 2 is 1.84 bits per heavy atom. The predicted molar refractivity (Wildman–Crippen MR) is 136 cm³/mol. The van der Waals surface area contributed by atoms with E-state index in [1.807, 2.05) is 13.1 Å². The number of hydrogen-bond donors (Lipinski definition) is 2. The number of nitrogens with one attached hydrogen (secondary N) is 2. The van der Waals surface area contributed by atoms with E-state index in [0.717, 1.165) is 49.0 Å². The third kappa shape index (κ3) is 6.49. The molecule has 0 saturated carbocycles. The number of benzene rings is 2. The largest absolute Gasteiger partial charge is 0.490 e. The van der Waals surface area contributed by atoms with Crippen LogP contribution in [0.15, 0.2) is 53.5 Å². The molecule has 0 bridgehead atoms. The van der Waals surface area contributed by atoms with Crippen molar-refractivity contribution in [3.8, 4) is 11.5 Å². The maximum absolute atomic E-state index is 5.80. The number of aliphatic imine (C=N–C) groups is 1. The fourth-order valence-corrected chi connectivity index (χ4v) is 4.13. The fraction of sp³-hybridized carbons (Fsp3) is 0.458. The maximum Gasteiger partial charge on any atom is 0.191 e. The molecule has 2 aromatic rings. The number of guanidine groups is 1. The van der Waals surface area contributed by atoms with E-state index in [1.165, 1.54) is 5.56 Å². The summed E-state index contributed by atoms with van der Waals surface area (Å²) in [4.78, 5) is 6.95. The summed E-state index contributed by atoms with van der Waals surface area (Å²) in [6, 6.07) is 17.7. The van der Waals surface area contributed by atoms with Gasteiger partial charge in [-0.05, 0) is 36.6 Å². The van der Waals surface area contributed by atoms with Crippen molar-refractivity contribution in [2.75, 3.05) is 26.8 Å². The number of nitrogens with zero attached hydrogens (tertiary/aromatic N) is 2. The van der Waals surface area contributed by atoms with Crippen molar-refractivity contribution in [2.45, 2.75) is 44.9 Å². The van der Waals surface area contributed by atoms with Crippen molar-refractivity contribution < 1.29 is 9.47 Å². The SMILES string of the molecule is CN=C(NCc1ccc2c(c1)OCCCO2)NC1CC(C)N(Cc2ccccc2)C1.I. The van der Waals surface area contributed by atoms with Crippen molar-refractivity contribution in [3.05, 3.63) is 59.7 Å². The summed E-state index contributed by atoms with van der Waals surface area (Å²) in [6.07, 6.45) is 2.03. The first-order valence-electron chi connectivity index (χ1n) is 10.8. The topological polar surface area (TPSA) is 58.1 Å². The lowest BCUT2D eigenvalue weighted by Crippen LogP contribution is -2.44. The number of hydrogen-bond acceptors (Lipinski definition) is 4. The zero-order chi connectivity index (χ0) is 20.8. The molecule has 4 rings (SSSR count). The van der Waals surface area contributed by atoms with Crippen LogP contribution in [-0.2, 0) is 13.1 Å². The van der Waals surface area contributed by atoms with E-state index in [9.17, 15) is 0 Å². The Morgan fingerprint density at radius 1 is 1.06 bits per heavy atom. The minimum Gasteiger partial charge on any atom is -0.490 e. The van der Waals surface area contributed by atoms with Crippen LogP contribution in [-0.4, -0.2) is 49.7 Å². The second-order valence-corrected chi connectivity index (χ2v) is 8.10. The molecule has 0 aromatic heterocycles. The van der Waals surface area contributed by atoms with Crippen LogP contribution in [0.2, 0.25) is 0 Å². The van der Waals surface area contributed by atoms with E-state index in [4.69, 9.17) is 9.47 Å². The standard InChI is InChI=1S/C24H32N4O2.HI/c1-18-13-21(17-28(18)16-19-7-4-3-5-8-19)27-24(25-2)26-15-20-9-10-22-23(14-20)30-12-6-11-29-22;/h3-5,7-10,14,18,21H,6,11-13,15-17H2,1-2H3,(H2,25,26,27);1H. The summed E-state index contributed by atoms with van der Waals surface area (Å²) in [5.74, 6) is 2.49. The van der Waals surface area contributed by atoms with E-state index in [1.54, 1.807) is 0 Å². The predicted octanol–water partition coefficient (Wildman–Crippen LogP) is 3.79. The Morgan fingerprint density at radius 3 is 2.61 bits per heavy atom. The number of fused-ring (bicyclic) bond motifs is 1. The minimum atomic E-state index is 0. The maximum atomic E-state index is 5.80. The summed E-state index contributed by atoms with van der Waals surface area (Å²) in [6.45, 7) is 6.41. The lowest BCUT2D eigenvalue weighted by Gasteiger charge is -2.21. The first-order valence-corrected chi connectivity index (χ1v) is 10.8. The summed E-state index contributed by atoms with van der Waals surface area (Å²) >= 11 is 0. The van der Waals surface area contributed by atoms with Gasteiger partial charge in [-0.25, -0.2) is 0 Å². The summed E-state index contributed by atoms with van der Waals surface area (Å²) < 4.78 is 11.5. The highest BCUT2D eigenvalue weighted by molar-refractivity contribution is 14.0. The average molecular weight is 536 g/mol. The van der Waals surface area contributed by atoms with E-state index < -0.39 is 0 Å². The normalized spacial score (nSPS) is 21.2. The fourth-order valence-electron chi connectivity index (χ4n) is 4.13. The van der Waals surface area contributed by atoms with Crippen LogP contribution in [0.3, 0.4) is 0 Å². The quantitative estimate of drug-likeness (QED) is 0.346. The highest BCUT2D eigenvalue weighted by atomic mass is 127. The number of ether oxygens (including phenoxy) is 2. The van der Waals surface area contributed by atoms with Crippen LogP contribution < -0.4 is 20.1 Å². The van der Waals surface area contributed by atoms with Crippen molar-refractivity contribution in [1.82, 2.24) is 15.5 Å². The van der Waals surface area contributed by atoms with Gasteiger partial charge in [-0.15, -0.1) is 24.0 Å². The van der Waals surface area contributed by atoms with Crippen LogP contribution >= 0.6 is 24.0 Å². The van der Waals surface area contributed by atoms with Gasteiger partial charge in [0.15, 0.2) is 17.5 Å². The monoisotopic (exact) mass is 536 g/mol. The van der Waals surface area contributed by atoms with Gasteiger partial charge in [0.1, 0.15) is 0 Å². The molecule has 6 nitrogen and oxygen atoms in total. The van der Waals surface area contributed by atoms with Gasteiger partial charge in [0.25, 0.3) is 0 Å². The molecular weight excluding hydrogens is 503 g/mol. The molecule has 0 amide bonds. The molecule has 2 heterocycles. The van der Waals surface area contributed by atoms with Crippen LogP contribution in [0.5, 0.6) is 11.5 Å². The highest BCUT2D eigenvalue weighted by Gasteiger charge is 2.29. The number of halogens is 1. The lowest BCUT2D eigenvalue weighted by molar-refractivity contribution is 0.258. The second-order valence-electron chi connectivity index (χ2n) is 8.10. The van der Waals surface area contributed by atoms with Gasteiger partial charge in [-0.1, -0.05) is 36.4 Å². The van der Waals surface area contributed by atoms with E-state index >= 15 is 0 Å². The Kier molecular flexibility index (Phi) is 8.83. The Labute approximate surface area is 202 Å². The first kappa shape index (κ1) is 23.7. The minimum absolute atomic E-state index is 0. The van der Waals surface area contributed by atoms with Gasteiger partial charge < -0.3 is 20.1 Å². The molecule has 168 valence electrons. The molecule has 31 heavy (non-hydrogen) atoms.